The van der Waals surface area contributed by atoms with Crippen LogP contribution in [-0.4, -0.2) is 21.8 Å². The van der Waals surface area contributed by atoms with Crippen molar-refractivity contribution in [2.24, 2.45) is 0 Å². The number of methoxy groups -OCH3 is 1. The summed E-state index contributed by atoms with van der Waals surface area (Å²) in [5.74, 6) is 0.899. The third kappa shape index (κ3) is 3.46. The lowest BCUT2D eigenvalue weighted by molar-refractivity contribution is 0.373. The van der Waals surface area contributed by atoms with E-state index in [2.05, 4.69) is 0 Å². The minimum Gasteiger partial charge on any atom is -0.504 e. The molecule has 5 heteroatoms. The van der Waals surface area contributed by atoms with Gasteiger partial charge < -0.3 is 9.84 Å². The van der Waals surface area contributed by atoms with Gasteiger partial charge in [0.15, 0.2) is 11.5 Å². The summed E-state index contributed by atoms with van der Waals surface area (Å²) in [6.45, 7) is 4.05. The fourth-order valence-corrected chi connectivity index (χ4v) is 3.38. The van der Waals surface area contributed by atoms with E-state index in [1.54, 1.807) is 41.0 Å². The number of phenols is 1. The summed E-state index contributed by atoms with van der Waals surface area (Å²) in [5, 5.41) is 10.9. The molecule has 0 fully saturated rings. The monoisotopic (exact) mass is 398 g/mol. The molecule has 0 aliphatic rings. The maximum Gasteiger partial charge on any atom is 0.266 e. The number of rotatable bonds is 4. The number of hydrogen-bond donors (Lipinski definition) is 1. The number of fused-ring (bicyclic) bond motifs is 1. The number of aryl methyl sites for hydroxylation is 2. The lowest BCUT2D eigenvalue weighted by Gasteiger charge is -2.13. The first-order valence-electron chi connectivity index (χ1n) is 9.63. The van der Waals surface area contributed by atoms with E-state index < -0.39 is 0 Å². The topological polar surface area (TPSA) is 64.3 Å². The Morgan fingerprint density at radius 3 is 2.53 bits per heavy atom. The van der Waals surface area contributed by atoms with E-state index >= 15 is 0 Å². The molecule has 1 heterocycles. The van der Waals surface area contributed by atoms with Crippen molar-refractivity contribution < 1.29 is 9.84 Å². The number of hydrogen-bond acceptors (Lipinski definition) is 4. The minimum atomic E-state index is -0.140. The Balaban J connectivity index is 1.94. The van der Waals surface area contributed by atoms with Crippen LogP contribution in [0.25, 0.3) is 28.7 Å². The molecule has 0 bridgehead atoms. The highest BCUT2D eigenvalue weighted by Crippen LogP contribution is 2.30. The van der Waals surface area contributed by atoms with Crippen molar-refractivity contribution in [2.45, 2.75) is 13.8 Å². The summed E-state index contributed by atoms with van der Waals surface area (Å²) < 4.78 is 6.78. The van der Waals surface area contributed by atoms with Crippen molar-refractivity contribution in [1.29, 1.82) is 0 Å². The van der Waals surface area contributed by atoms with Gasteiger partial charge in [0, 0.05) is 5.56 Å². The quantitative estimate of drug-likeness (QED) is 0.532. The van der Waals surface area contributed by atoms with Gasteiger partial charge in [-0.3, -0.25) is 9.36 Å². The van der Waals surface area contributed by atoms with E-state index in [-0.39, 0.29) is 11.3 Å². The largest absolute Gasteiger partial charge is 0.504 e. The zero-order chi connectivity index (χ0) is 21.3. The Morgan fingerprint density at radius 1 is 0.967 bits per heavy atom. The van der Waals surface area contributed by atoms with Gasteiger partial charge in [-0.05, 0) is 67.5 Å². The number of aromatic nitrogens is 2. The van der Waals surface area contributed by atoms with Crippen LogP contribution in [-0.2, 0) is 0 Å². The van der Waals surface area contributed by atoms with E-state index in [0.29, 0.717) is 28.0 Å². The molecule has 0 aliphatic heterocycles. The van der Waals surface area contributed by atoms with Crippen molar-refractivity contribution in [2.75, 3.05) is 7.11 Å². The molecule has 0 radical (unpaired) electrons. The maximum atomic E-state index is 13.3. The highest BCUT2D eigenvalue weighted by molar-refractivity contribution is 5.80. The molecule has 0 unspecified atom stereocenters. The molecule has 1 aromatic heterocycles. The molecule has 1 N–H and O–H groups in total. The molecule has 0 saturated heterocycles. The van der Waals surface area contributed by atoms with Gasteiger partial charge in [-0.2, -0.15) is 0 Å². The first kappa shape index (κ1) is 19.5. The van der Waals surface area contributed by atoms with Crippen LogP contribution < -0.4 is 10.3 Å². The Kier molecular flexibility index (Phi) is 5.11. The van der Waals surface area contributed by atoms with E-state index in [9.17, 15) is 9.90 Å². The lowest BCUT2D eigenvalue weighted by atomic mass is 10.1. The van der Waals surface area contributed by atoms with Crippen LogP contribution in [0.5, 0.6) is 11.5 Å². The summed E-state index contributed by atoms with van der Waals surface area (Å²) in [6, 6.07) is 18.4. The van der Waals surface area contributed by atoms with Crippen molar-refractivity contribution in [3.05, 3.63) is 93.5 Å². The van der Waals surface area contributed by atoms with Crippen molar-refractivity contribution in [3.8, 4) is 17.2 Å². The summed E-state index contributed by atoms with van der Waals surface area (Å²) in [4.78, 5) is 18.1. The SMILES string of the molecule is COc1cccc(/C=C/c2nc3ccccc3c(=O)n2-c2ccc(C)c(C)c2)c1O. The summed E-state index contributed by atoms with van der Waals surface area (Å²) >= 11 is 0. The average molecular weight is 398 g/mol. The molecule has 150 valence electrons. The number of para-hydroxylation sites is 2. The second-order valence-corrected chi connectivity index (χ2v) is 7.13. The number of benzene rings is 3. The molecule has 0 spiro atoms. The average Bonchev–Trinajstić information content (AvgIpc) is 2.75. The first-order valence-corrected chi connectivity index (χ1v) is 9.63. The van der Waals surface area contributed by atoms with Gasteiger partial charge in [0.1, 0.15) is 5.82 Å². The van der Waals surface area contributed by atoms with Gasteiger partial charge in [-0.15, -0.1) is 0 Å². The summed E-state index contributed by atoms with van der Waals surface area (Å²) in [5.41, 5.74) is 4.04. The van der Waals surface area contributed by atoms with Gasteiger partial charge in [-0.25, -0.2) is 4.98 Å². The highest BCUT2D eigenvalue weighted by atomic mass is 16.5. The normalized spacial score (nSPS) is 11.3. The van der Waals surface area contributed by atoms with Crippen LogP contribution in [0.2, 0.25) is 0 Å². The fraction of sp³-hybridized carbons (Fsp3) is 0.120. The van der Waals surface area contributed by atoms with Crippen molar-refractivity contribution >= 4 is 23.1 Å². The Labute approximate surface area is 174 Å². The molecule has 5 nitrogen and oxygen atoms in total. The summed E-state index contributed by atoms with van der Waals surface area (Å²) in [7, 11) is 1.50. The fourth-order valence-electron chi connectivity index (χ4n) is 3.38. The second kappa shape index (κ2) is 7.87. The highest BCUT2D eigenvalue weighted by Gasteiger charge is 2.12. The zero-order valence-corrected chi connectivity index (χ0v) is 17.1. The molecule has 0 aliphatic carbocycles. The van der Waals surface area contributed by atoms with Gasteiger partial charge >= 0.3 is 0 Å². The Morgan fingerprint density at radius 2 is 1.77 bits per heavy atom. The molecule has 0 saturated carbocycles. The maximum absolute atomic E-state index is 13.3. The Bertz CT molecular complexity index is 1340. The van der Waals surface area contributed by atoms with E-state index in [1.165, 1.54) is 7.11 Å². The van der Waals surface area contributed by atoms with Crippen LogP contribution in [0.15, 0.2) is 65.5 Å². The smallest absolute Gasteiger partial charge is 0.266 e. The van der Waals surface area contributed by atoms with Gasteiger partial charge in [0.25, 0.3) is 5.56 Å². The van der Waals surface area contributed by atoms with Crippen molar-refractivity contribution in [1.82, 2.24) is 9.55 Å². The molecule has 4 rings (SSSR count). The standard InChI is InChI=1S/C25H22N2O3/c1-16-11-13-19(15-17(16)2)27-23(26-21-9-5-4-8-20(21)25(27)29)14-12-18-7-6-10-22(30-3)24(18)28/h4-15,28H,1-3H3/b14-12+. The molecular formula is C25H22N2O3. The molecular weight excluding hydrogens is 376 g/mol. The predicted octanol–water partition coefficient (Wildman–Crippen LogP) is 4.89. The lowest BCUT2D eigenvalue weighted by Crippen LogP contribution is -2.22. The van der Waals surface area contributed by atoms with Crippen molar-refractivity contribution in [3.63, 3.8) is 0 Å². The predicted molar refractivity (Wildman–Crippen MR) is 120 cm³/mol. The third-order valence-electron chi connectivity index (χ3n) is 5.21. The van der Waals surface area contributed by atoms with Crippen LogP contribution >= 0.6 is 0 Å². The Hall–Kier alpha value is -3.86. The van der Waals surface area contributed by atoms with Gasteiger partial charge in [0.2, 0.25) is 0 Å². The number of ether oxygens (including phenoxy) is 1. The number of phenolic OH excluding ortho intramolecular Hbond substituents is 1. The van der Waals surface area contributed by atoms with E-state index in [4.69, 9.17) is 9.72 Å². The second-order valence-electron chi connectivity index (χ2n) is 7.13. The summed E-state index contributed by atoms with van der Waals surface area (Å²) in [6.07, 6.45) is 3.46. The molecule has 3 aromatic carbocycles. The minimum absolute atomic E-state index is 0.0390. The first-order chi connectivity index (χ1) is 14.5. The molecule has 0 atom stereocenters. The number of aromatic hydroxyl groups is 1. The third-order valence-corrected chi connectivity index (χ3v) is 5.21. The van der Waals surface area contributed by atoms with Gasteiger partial charge in [-0.1, -0.05) is 30.3 Å². The number of nitrogens with zero attached hydrogens (tertiary/aromatic N) is 2. The van der Waals surface area contributed by atoms with Crippen LogP contribution in [0.1, 0.15) is 22.5 Å². The molecule has 30 heavy (non-hydrogen) atoms. The van der Waals surface area contributed by atoms with E-state index in [0.717, 1.165) is 16.8 Å². The molecule has 4 aromatic rings. The zero-order valence-electron chi connectivity index (χ0n) is 17.1. The molecule has 0 amide bonds. The van der Waals surface area contributed by atoms with Gasteiger partial charge in [0.05, 0.1) is 23.7 Å². The van der Waals surface area contributed by atoms with Crippen LogP contribution in [0, 0.1) is 13.8 Å². The van der Waals surface area contributed by atoms with Crippen LogP contribution in [0.3, 0.4) is 0 Å². The van der Waals surface area contributed by atoms with E-state index in [1.807, 2.05) is 50.2 Å². The van der Waals surface area contributed by atoms with Crippen LogP contribution in [0.4, 0.5) is 0 Å².